The summed E-state index contributed by atoms with van der Waals surface area (Å²) in [7, 11) is 0. The number of nitrogens with zero attached hydrogens (tertiary/aromatic N) is 6. The van der Waals surface area contributed by atoms with Crippen LogP contribution < -0.4 is 5.32 Å². The standard InChI is InChI=1S/C18H15N7O/c1-11-7-12(2)25(24-11)18-21-9-14(10-22-18)23-17(26)13-3-4-15-16(8-13)20-6-5-19-15/h3-10H,1-2H3,(H,23,26). The van der Waals surface area contributed by atoms with Crippen molar-refractivity contribution < 1.29 is 4.79 Å². The molecule has 1 N–H and O–H groups in total. The summed E-state index contributed by atoms with van der Waals surface area (Å²) in [6.07, 6.45) is 6.31. The lowest BCUT2D eigenvalue weighted by Gasteiger charge is -2.07. The van der Waals surface area contributed by atoms with E-state index in [1.165, 1.54) is 0 Å². The lowest BCUT2D eigenvalue weighted by atomic mass is 10.2. The number of aromatic nitrogens is 6. The lowest BCUT2D eigenvalue weighted by Crippen LogP contribution is -2.13. The molecule has 0 spiro atoms. The second-order valence-electron chi connectivity index (χ2n) is 5.82. The average molecular weight is 345 g/mol. The zero-order chi connectivity index (χ0) is 18.1. The van der Waals surface area contributed by atoms with Crippen molar-refractivity contribution in [3.8, 4) is 5.95 Å². The van der Waals surface area contributed by atoms with Crippen LogP contribution in [0.4, 0.5) is 5.69 Å². The first kappa shape index (κ1) is 15.8. The second-order valence-corrected chi connectivity index (χ2v) is 5.82. The number of carbonyl (C=O) groups is 1. The highest BCUT2D eigenvalue weighted by atomic mass is 16.1. The number of amides is 1. The molecule has 0 bridgehead atoms. The van der Waals surface area contributed by atoms with Gasteiger partial charge in [-0.2, -0.15) is 5.10 Å². The molecule has 0 unspecified atom stereocenters. The number of fused-ring (bicyclic) bond motifs is 1. The van der Waals surface area contributed by atoms with E-state index in [-0.39, 0.29) is 5.91 Å². The number of carbonyl (C=O) groups excluding carboxylic acids is 1. The van der Waals surface area contributed by atoms with Gasteiger partial charge in [-0.05, 0) is 38.1 Å². The van der Waals surface area contributed by atoms with E-state index in [0.29, 0.717) is 22.7 Å². The summed E-state index contributed by atoms with van der Waals surface area (Å²) in [6.45, 7) is 3.84. The summed E-state index contributed by atoms with van der Waals surface area (Å²) < 4.78 is 1.66. The number of anilines is 1. The minimum atomic E-state index is -0.264. The highest BCUT2D eigenvalue weighted by Gasteiger charge is 2.10. The van der Waals surface area contributed by atoms with Gasteiger partial charge in [-0.25, -0.2) is 14.6 Å². The fraction of sp³-hybridized carbons (Fsp3) is 0.111. The Morgan fingerprint density at radius 3 is 2.38 bits per heavy atom. The van der Waals surface area contributed by atoms with Crippen molar-refractivity contribution in [3.63, 3.8) is 0 Å². The molecule has 26 heavy (non-hydrogen) atoms. The Kier molecular flexibility index (Phi) is 3.85. The largest absolute Gasteiger partial charge is 0.319 e. The topological polar surface area (TPSA) is 98.5 Å². The number of hydrogen-bond donors (Lipinski definition) is 1. The third kappa shape index (κ3) is 3.00. The second kappa shape index (κ2) is 6.32. The molecule has 0 saturated carbocycles. The van der Waals surface area contributed by atoms with Gasteiger partial charge in [-0.15, -0.1) is 0 Å². The van der Waals surface area contributed by atoms with Crippen LogP contribution in [-0.4, -0.2) is 35.6 Å². The summed E-state index contributed by atoms with van der Waals surface area (Å²) in [6, 6.07) is 7.11. The maximum Gasteiger partial charge on any atom is 0.255 e. The molecule has 8 nitrogen and oxygen atoms in total. The predicted octanol–water partition coefficient (Wildman–Crippen LogP) is 2.47. The molecular weight excluding hydrogens is 330 g/mol. The molecule has 3 aromatic heterocycles. The summed E-state index contributed by atoms with van der Waals surface area (Å²) in [5.74, 6) is 0.189. The van der Waals surface area contributed by atoms with E-state index < -0.39 is 0 Å². The van der Waals surface area contributed by atoms with Crippen molar-refractivity contribution in [2.24, 2.45) is 0 Å². The number of hydrogen-bond acceptors (Lipinski definition) is 6. The Balaban J connectivity index is 1.54. The quantitative estimate of drug-likeness (QED) is 0.612. The van der Waals surface area contributed by atoms with Crippen LogP contribution in [0.5, 0.6) is 0 Å². The van der Waals surface area contributed by atoms with Crippen molar-refractivity contribution in [3.05, 3.63) is 66.0 Å². The molecule has 4 aromatic rings. The van der Waals surface area contributed by atoms with Crippen LogP contribution in [0.1, 0.15) is 21.7 Å². The van der Waals surface area contributed by atoms with Gasteiger partial charge in [0.15, 0.2) is 0 Å². The maximum atomic E-state index is 12.4. The van der Waals surface area contributed by atoms with Crippen LogP contribution in [-0.2, 0) is 0 Å². The Hall–Kier alpha value is -3.68. The van der Waals surface area contributed by atoms with Crippen LogP contribution in [0, 0.1) is 13.8 Å². The number of nitrogens with one attached hydrogen (secondary N) is 1. The molecule has 0 radical (unpaired) electrons. The number of benzene rings is 1. The average Bonchev–Trinajstić information content (AvgIpc) is 3.00. The van der Waals surface area contributed by atoms with Gasteiger partial charge in [-0.1, -0.05) is 0 Å². The van der Waals surface area contributed by atoms with Gasteiger partial charge >= 0.3 is 0 Å². The maximum absolute atomic E-state index is 12.4. The van der Waals surface area contributed by atoms with Gasteiger partial charge in [0.25, 0.3) is 11.9 Å². The first-order valence-corrected chi connectivity index (χ1v) is 7.98. The third-order valence-corrected chi connectivity index (χ3v) is 3.83. The Morgan fingerprint density at radius 2 is 1.69 bits per heavy atom. The van der Waals surface area contributed by atoms with Gasteiger partial charge in [0, 0.05) is 23.7 Å². The Morgan fingerprint density at radius 1 is 0.962 bits per heavy atom. The fourth-order valence-corrected chi connectivity index (χ4v) is 2.63. The lowest BCUT2D eigenvalue weighted by molar-refractivity contribution is 0.102. The van der Waals surface area contributed by atoms with Gasteiger partial charge in [0.1, 0.15) is 0 Å². The first-order valence-electron chi connectivity index (χ1n) is 7.98. The van der Waals surface area contributed by atoms with E-state index in [9.17, 15) is 4.79 Å². The van der Waals surface area contributed by atoms with Crippen LogP contribution >= 0.6 is 0 Å². The molecule has 128 valence electrons. The minimum Gasteiger partial charge on any atom is -0.319 e. The smallest absolute Gasteiger partial charge is 0.255 e. The molecular formula is C18H15N7O. The van der Waals surface area contributed by atoms with E-state index >= 15 is 0 Å². The summed E-state index contributed by atoms with van der Waals surface area (Å²) in [5, 5.41) is 7.12. The van der Waals surface area contributed by atoms with Crippen molar-refractivity contribution in [1.29, 1.82) is 0 Å². The van der Waals surface area contributed by atoms with Crippen LogP contribution in [0.25, 0.3) is 17.0 Å². The fourth-order valence-electron chi connectivity index (χ4n) is 2.63. The van der Waals surface area contributed by atoms with E-state index in [1.54, 1.807) is 47.7 Å². The van der Waals surface area contributed by atoms with E-state index in [1.807, 2.05) is 19.9 Å². The number of aryl methyl sites for hydroxylation is 2. The zero-order valence-electron chi connectivity index (χ0n) is 14.2. The van der Waals surface area contributed by atoms with Crippen molar-refractivity contribution in [2.45, 2.75) is 13.8 Å². The van der Waals surface area contributed by atoms with Gasteiger partial charge in [0.05, 0.1) is 34.8 Å². The third-order valence-electron chi connectivity index (χ3n) is 3.83. The molecule has 0 aliphatic carbocycles. The van der Waals surface area contributed by atoms with Gasteiger partial charge in [0.2, 0.25) is 0 Å². The zero-order valence-corrected chi connectivity index (χ0v) is 14.2. The SMILES string of the molecule is Cc1cc(C)n(-c2ncc(NC(=O)c3ccc4nccnc4c3)cn2)n1. The summed E-state index contributed by atoms with van der Waals surface area (Å²) >= 11 is 0. The summed E-state index contributed by atoms with van der Waals surface area (Å²) in [5.41, 5.74) is 4.22. The molecule has 1 aromatic carbocycles. The van der Waals surface area contributed by atoms with Crippen molar-refractivity contribution >= 4 is 22.6 Å². The Labute approximate surface area is 149 Å². The van der Waals surface area contributed by atoms with Crippen molar-refractivity contribution in [2.75, 3.05) is 5.32 Å². The van der Waals surface area contributed by atoms with Gasteiger partial charge in [-0.3, -0.25) is 14.8 Å². The highest BCUT2D eigenvalue weighted by Crippen LogP contribution is 2.14. The van der Waals surface area contributed by atoms with Crippen LogP contribution in [0.15, 0.2) is 49.1 Å². The first-order chi connectivity index (χ1) is 12.6. The normalized spacial score (nSPS) is 10.8. The van der Waals surface area contributed by atoms with Gasteiger partial charge < -0.3 is 5.32 Å². The molecule has 1 amide bonds. The molecule has 0 saturated heterocycles. The molecule has 0 aliphatic rings. The van der Waals surface area contributed by atoms with E-state index in [2.05, 4.69) is 30.4 Å². The number of rotatable bonds is 3. The molecule has 0 fully saturated rings. The van der Waals surface area contributed by atoms with Crippen LogP contribution in [0.3, 0.4) is 0 Å². The minimum absolute atomic E-state index is 0.264. The molecule has 0 atom stereocenters. The van der Waals surface area contributed by atoms with Crippen molar-refractivity contribution in [1.82, 2.24) is 29.7 Å². The molecule has 4 rings (SSSR count). The summed E-state index contributed by atoms with van der Waals surface area (Å²) in [4.78, 5) is 29.4. The van der Waals surface area contributed by atoms with E-state index in [0.717, 1.165) is 16.9 Å². The highest BCUT2D eigenvalue weighted by molar-refractivity contribution is 6.05. The van der Waals surface area contributed by atoms with E-state index in [4.69, 9.17) is 0 Å². The Bertz CT molecular complexity index is 1100. The van der Waals surface area contributed by atoms with Crippen LogP contribution in [0.2, 0.25) is 0 Å². The molecule has 0 aliphatic heterocycles. The molecule has 8 heteroatoms. The predicted molar refractivity (Wildman–Crippen MR) is 96.1 cm³/mol. The monoisotopic (exact) mass is 345 g/mol. The molecule has 3 heterocycles.